The minimum absolute atomic E-state index is 0.150. The third kappa shape index (κ3) is 3.79. The molecule has 0 N–H and O–H groups in total. The van der Waals surface area contributed by atoms with E-state index in [0.717, 1.165) is 25.0 Å². The summed E-state index contributed by atoms with van der Waals surface area (Å²) < 4.78 is 43.1. The van der Waals surface area contributed by atoms with Crippen LogP contribution in [0.4, 0.5) is 13.2 Å². The SMILES string of the molecule is CCC1CC(CC)c2ccc(-c3cccc(OC(F)(F)F)c3)c(=O)n2C1. The Bertz CT molecular complexity index is 842. The van der Waals surface area contributed by atoms with Crippen molar-refractivity contribution < 1.29 is 17.9 Å². The number of aromatic nitrogens is 1. The third-order valence-electron chi connectivity index (χ3n) is 5.13. The highest BCUT2D eigenvalue weighted by atomic mass is 19.4. The maximum Gasteiger partial charge on any atom is 0.573 e. The molecule has 0 aliphatic carbocycles. The summed E-state index contributed by atoms with van der Waals surface area (Å²) in [5.41, 5.74) is 1.70. The Hall–Kier alpha value is -2.24. The molecule has 3 nitrogen and oxygen atoms in total. The zero-order chi connectivity index (χ0) is 18.9. The van der Waals surface area contributed by atoms with Crippen molar-refractivity contribution in [1.29, 1.82) is 0 Å². The second kappa shape index (κ2) is 7.17. The van der Waals surface area contributed by atoms with Gasteiger partial charge in [-0.1, -0.05) is 32.4 Å². The number of pyridine rings is 1. The molecular weight excluding hydrogens is 343 g/mol. The second-order valence-electron chi connectivity index (χ2n) is 6.78. The molecule has 3 rings (SSSR count). The number of halogens is 3. The van der Waals surface area contributed by atoms with Gasteiger partial charge in [-0.2, -0.15) is 0 Å². The molecule has 1 aromatic heterocycles. The second-order valence-corrected chi connectivity index (χ2v) is 6.78. The fraction of sp³-hybridized carbons (Fsp3) is 0.450. The van der Waals surface area contributed by atoms with Crippen molar-refractivity contribution in [2.24, 2.45) is 5.92 Å². The van der Waals surface area contributed by atoms with E-state index >= 15 is 0 Å². The van der Waals surface area contributed by atoms with Crippen molar-refractivity contribution in [2.45, 2.75) is 51.9 Å². The topological polar surface area (TPSA) is 31.2 Å². The van der Waals surface area contributed by atoms with Crippen LogP contribution in [0.15, 0.2) is 41.2 Å². The molecule has 0 saturated heterocycles. The molecule has 1 aliphatic heterocycles. The van der Waals surface area contributed by atoms with Gasteiger partial charge < -0.3 is 9.30 Å². The van der Waals surface area contributed by atoms with Crippen molar-refractivity contribution in [2.75, 3.05) is 0 Å². The maximum absolute atomic E-state index is 13.0. The van der Waals surface area contributed by atoms with Crippen molar-refractivity contribution in [3.63, 3.8) is 0 Å². The Labute approximate surface area is 150 Å². The van der Waals surface area contributed by atoms with E-state index in [9.17, 15) is 18.0 Å². The van der Waals surface area contributed by atoms with Crippen LogP contribution in [-0.2, 0) is 6.54 Å². The Balaban J connectivity index is 2.03. The van der Waals surface area contributed by atoms with Crippen LogP contribution < -0.4 is 10.3 Å². The zero-order valence-electron chi connectivity index (χ0n) is 14.8. The summed E-state index contributed by atoms with van der Waals surface area (Å²) >= 11 is 0. The Kier molecular flexibility index (Phi) is 5.12. The average Bonchev–Trinajstić information content (AvgIpc) is 2.60. The van der Waals surface area contributed by atoms with Crippen LogP contribution in [0.25, 0.3) is 11.1 Å². The van der Waals surface area contributed by atoms with E-state index in [1.165, 1.54) is 18.2 Å². The van der Waals surface area contributed by atoms with E-state index in [0.29, 0.717) is 29.5 Å². The number of hydrogen-bond acceptors (Lipinski definition) is 2. The van der Waals surface area contributed by atoms with Crippen LogP contribution in [0.2, 0.25) is 0 Å². The highest BCUT2D eigenvalue weighted by Gasteiger charge is 2.31. The van der Waals surface area contributed by atoms with E-state index < -0.39 is 6.36 Å². The van der Waals surface area contributed by atoms with Crippen LogP contribution in [0.3, 0.4) is 0 Å². The molecule has 6 heteroatoms. The summed E-state index contributed by atoms with van der Waals surface area (Å²) in [4.78, 5) is 13.0. The van der Waals surface area contributed by atoms with Crippen LogP contribution in [0.5, 0.6) is 5.75 Å². The van der Waals surface area contributed by atoms with Gasteiger partial charge in [0.2, 0.25) is 0 Å². The number of fused-ring (bicyclic) bond motifs is 1. The standard InChI is InChI=1S/C20H22F3NO2/c1-3-13-10-14(4-2)18-9-8-17(19(25)24(18)12-13)15-6-5-7-16(11-15)26-20(21,22)23/h5-9,11,13-14H,3-4,10,12H2,1-2H3. The largest absolute Gasteiger partial charge is 0.573 e. The lowest BCUT2D eigenvalue weighted by Gasteiger charge is -2.32. The molecule has 0 bridgehead atoms. The molecule has 2 aromatic rings. The first-order valence-electron chi connectivity index (χ1n) is 8.92. The predicted octanol–water partition coefficient (Wildman–Crippen LogP) is 5.34. The molecule has 0 spiro atoms. The van der Waals surface area contributed by atoms with E-state index in [2.05, 4.69) is 18.6 Å². The molecule has 1 aromatic carbocycles. The quantitative estimate of drug-likeness (QED) is 0.733. The van der Waals surface area contributed by atoms with E-state index in [1.54, 1.807) is 16.7 Å². The highest BCUT2D eigenvalue weighted by Crippen LogP contribution is 2.34. The fourth-order valence-electron chi connectivity index (χ4n) is 3.75. The lowest BCUT2D eigenvalue weighted by molar-refractivity contribution is -0.274. The number of benzene rings is 1. The molecule has 0 fully saturated rings. The normalized spacial score (nSPS) is 19.9. The summed E-state index contributed by atoms with van der Waals surface area (Å²) in [5.74, 6) is 0.464. The van der Waals surface area contributed by atoms with Crippen molar-refractivity contribution >= 4 is 0 Å². The van der Waals surface area contributed by atoms with E-state index in [4.69, 9.17) is 0 Å². The number of alkyl halides is 3. The van der Waals surface area contributed by atoms with Gasteiger partial charge in [0.25, 0.3) is 5.56 Å². The van der Waals surface area contributed by atoms with Gasteiger partial charge >= 0.3 is 6.36 Å². The average molecular weight is 365 g/mol. The maximum atomic E-state index is 13.0. The first kappa shape index (κ1) is 18.5. The van der Waals surface area contributed by atoms with Crippen molar-refractivity contribution in [3.8, 4) is 16.9 Å². The summed E-state index contributed by atoms with van der Waals surface area (Å²) in [7, 11) is 0. The number of rotatable bonds is 4. The minimum atomic E-state index is -4.76. The van der Waals surface area contributed by atoms with E-state index in [-0.39, 0.29) is 11.3 Å². The van der Waals surface area contributed by atoms with Crippen molar-refractivity contribution in [1.82, 2.24) is 4.57 Å². The number of hydrogen-bond donors (Lipinski definition) is 0. The summed E-state index contributed by atoms with van der Waals surface area (Å²) in [6, 6.07) is 9.24. The molecular formula is C20H22F3NO2. The first-order chi connectivity index (χ1) is 12.3. The van der Waals surface area contributed by atoms with Crippen LogP contribution >= 0.6 is 0 Å². The molecule has 0 saturated carbocycles. The minimum Gasteiger partial charge on any atom is -0.406 e. The Morgan fingerprint density at radius 1 is 1.15 bits per heavy atom. The molecule has 1 aliphatic rings. The number of nitrogens with zero attached hydrogens (tertiary/aromatic N) is 1. The van der Waals surface area contributed by atoms with Gasteiger partial charge in [-0.15, -0.1) is 13.2 Å². The van der Waals surface area contributed by atoms with Gasteiger partial charge in [0.05, 0.1) is 0 Å². The molecule has 0 amide bonds. The van der Waals surface area contributed by atoms with Gasteiger partial charge in [-0.25, -0.2) is 0 Å². The lowest BCUT2D eigenvalue weighted by atomic mass is 9.84. The summed E-state index contributed by atoms with van der Waals surface area (Å²) in [5, 5.41) is 0. The number of ether oxygens (including phenoxy) is 1. The third-order valence-corrected chi connectivity index (χ3v) is 5.13. The smallest absolute Gasteiger partial charge is 0.406 e. The van der Waals surface area contributed by atoms with Gasteiger partial charge in [0.1, 0.15) is 5.75 Å². The Morgan fingerprint density at radius 3 is 2.58 bits per heavy atom. The monoisotopic (exact) mass is 365 g/mol. The first-order valence-corrected chi connectivity index (χ1v) is 8.92. The van der Waals surface area contributed by atoms with Gasteiger partial charge in [-0.3, -0.25) is 4.79 Å². The van der Waals surface area contributed by atoms with Crippen molar-refractivity contribution in [3.05, 3.63) is 52.4 Å². The molecule has 2 atom stereocenters. The molecule has 26 heavy (non-hydrogen) atoms. The molecule has 2 unspecified atom stereocenters. The summed E-state index contributed by atoms with van der Waals surface area (Å²) in [6.07, 6.45) is -1.72. The van der Waals surface area contributed by atoms with Crippen LogP contribution in [0.1, 0.15) is 44.7 Å². The van der Waals surface area contributed by atoms with Gasteiger partial charge in [0.15, 0.2) is 0 Å². The molecule has 2 heterocycles. The van der Waals surface area contributed by atoms with Crippen LogP contribution in [-0.4, -0.2) is 10.9 Å². The Morgan fingerprint density at radius 2 is 1.92 bits per heavy atom. The van der Waals surface area contributed by atoms with Crippen LogP contribution in [0, 0.1) is 5.92 Å². The molecule has 0 radical (unpaired) electrons. The predicted molar refractivity (Wildman–Crippen MR) is 94.3 cm³/mol. The zero-order valence-corrected chi connectivity index (χ0v) is 14.8. The molecule has 140 valence electrons. The summed E-state index contributed by atoms with van der Waals surface area (Å²) in [6.45, 7) is 4.90. The lowest BCUT2D eigenvalue weighted by Crippen LogP contribution is -2.33. The van der Waals surface area contributed by atoms with Gasteiger partial charge in [-0.05, 0) is 54.5 Å². The highest BCUT2D eigenvalue weighted by molar-refractivity contribution is 5.64. The fourth-order valence-corrected chi connectivity index (χ4v) is 3.75. The van der Waals surface area contributed by atoms with Gasteiger partial charge in [0, 0.05) is 17.8 Å². The van der Waals surface area contributed by atoms with E-state index in [1.807, 2.05) is 6.07 Å².